The normalized spacial score (nSPS) is 16.5. The molecule has 1 aliphatic heterocycles. The van der Waals surface area contributed by atoms with Crippen molar-refractivity contribution in [1.82, 2.24) is 4.90 Å². The number of nitrogens with one attached hydrogen (secondary N) is 1. The minimum Gasteiger partial charge on any atom is -0.370 e. The van der Waals surface area contributed by atoms with Crippen molar-refractivity contribution in [3.8, 4) is 0 Å². The minimum atomic E-state index is -0.571. The summed E-state index contributed by atoms with van der Waals surface area (Å²) in [6.45, 7) is 14.9. The van der Waals surface area contributed by atoms with Gasteiger partial charge >= 0.3 is 0 Å². The van der Waals surface area contributed by atoms with Gasteiger partial charge in [-0.1, -0.05) is 41.5 Å². The predicted octanol–water partition coefficient (Wildman–Crippen LogP) is 2.85. The Hall–Kier alpha value is -2.03. The third-order valence-electron chi connectivity index (χ3n) is 4.81. The molecule has 0 aliphatic carbocycles. The number of carbonyl (C=O) groups excluding carboxylic acids is 2. The quantitative estimate of drug-likeness (QED) is 0.686. The van der Waals surface area contributed by atoms with Crippen LogP contribution in [0.5, 0.6) is 0 Å². The highest BCUT2D eigenvalue weighted by atomic mass is 19.1. The van der Waals surface area contributed by atoms with Crippen LogP contribution in [0.2, 0.25) is 0 Å². The van der Waals surface area contributed by atoms with E-state index >= 15 is 0 Å². The van der Waals surface area contributed by atoms with Gasteiger partial charge in [-0.05, 0) is 29.0 Å². The Balaban J connectivity index is 2.18. The molecule has 1 saturated heterocycles. The molecule has 0 radical (unpaired) electrons. The van der Waals surface area contributed by atoms with Crippen molar-refractivity contribution in [3.63, 3.8) is 0 Å². The van der Waals surface area contributed by atoms with Gasteiger partial charge in [-0.15, -0.1) is 0 Å². The summed E-state index contributed by atoms with van der Waals surface area (Å²) in [6.07, 6.45) is 0. The SMILES string of the molecule is CC(C)(C)CN(CC(C)(C)C)[C@@H](CN)C(=O)Nc1ccc(N2CCOCC2=O)c(F)c1. The molecule has 1 aliphatic rings. The highest BCUT2D eigenvalue weighted by Gasteiger charge is 2.31. The summed E-state index contributed by atoms with van der Waals surface area (Å²) < 4.78 is 19.8. The first-order valence-electron chi connectivity index (χ1n) is 10.7. The molecule has 1 fully saturated rings. The second-order valence-electron chi connectivity index (χ2n) is 10.5. The molecule has 1 heterocycles. The van der Waals surface area contributed by atoms with Gasteiger partial charge in [0.15, 0.2) is 0 Å². The van der Waals surface area contributed by atoms with E-state index in [4.69, 9.17) is 10.5 Å². The first-order valence-corrected chi connectivity index (χ1v) is 10.7. The monoisotopic (exact) mass is 436 g/mol. The molecular formula is C23H37FN4O3. The van der Waals surface area contributed by atoms with E-state index in [9.17, 15) is 14.0 Å². The van der Waals surface area contributed by atoms with Crippen molar-refractivity contribution in [2.24, 2.45) is 16.6 Å². The molecule has 1 atom stereocenters. The second-order valence-corrected chi connectivity index (χ2v) is 10.5. The van der Waals surface area contributed by atoms with Crippen LogP contribution in [0.15, 0.2) is 18.2 Å². The van der Waals surface area contributed by atoms with E-state index in [1.54, 1.807) is 6.07 Å². The maximum Gasteiger partial charge on any atom is 0.253 e. The molecule has 7 nitrogen and oxygen atoms in total. The number of anilines is 2. The van der Waals surface area contributed by atoms with E-state index in [1.165, 1.54) is 17.0 Å². The molecular weight excluding hydrogens is 399 g/mol. The molecule has 0 spiro atoms. The van der Waals surface area contributed by atoms with Crippen molar-refractivity contribution in [2.75, 3.05) is 49.6 Å². The molecule has 0 saturated carbocycles. The Morgan fingerprint density at radius 2 is 1.84 bits per heavy atom. The van der Waals surface area contributed by atoms with Crippen LogP contribution in [-0.2, 0) is 14.3 Å². The lowest BCUT2D eigenvalue weighted by molar-refractivity contribution is -0.125. The maximum absolute atomic E-state index is 14.7. The Bertz CT molecular complexity index is 770. The Labute approximate surface area is 185 Å². The molecule has 0 aromatic heterocycles. The topological polar surface area (TPSA) is 87.9 Å². The van der Waals surface area contributed by atoms with Crippen LogP contribution in [0.3, 0.4) is 0 Å². The third kappa shape index (κ3) is 7.55. The fraction of sp³-hybridized carbons (Fsp3) is 0.652. The molecule has 31 heavy (non-hydrogen) atoms. The van der Waals surface area contributed by atoms with Gasteiger partial charge in [-0.2, -0.15) is 0 Å². The predicted molar refractivity (Wildman–Crippen MR) is 122 cm³/mol. The second kappa shape index (κ2) is 10.1. The summed E-state index contributed by atoms with van der Waals surface area (Å²) in [4.78, 5) is 28.5. The molecule has 3 N–H and O–H groups in total. The molecule has 2 rings (SSSR count). The van der Waals surface area contributed by atoms with Gasteiger partial charge in [0.25, 0.3) is 5.91 Å². The van der Waals surface area contributed by atoms with Crippen LogP contribution in [-0.4, -0.2) is 62.1 Å². The van der Waals surface area contributed by atoms with Crippen molar-refractivity contribution in [3.05, 3.63) is 24.0 Å². The van der Waals surface area contributed by atoms with Crippen LogP contribution in [0.4, 0.5) is 15.8 Å². The first kappa shape index (κ1) is 25.2. The highest BCUT2D eigenvalue weighted by molar-refractivity contribution is 5.97. The molecule has 0 bridgehead atoms. The van der Waals surface area contributed by atoms with Crippen molar-refractivity contribution < 1.29 is 18.7 Å². The fourth-order valence-electron chi connectivity index (χ4n) is 3.72. The number of morpholine rings is 1. The number of nitrogens with two attached hydrogens (primary N) is 1. The van der Waals surface area contributed by atoms with Gasteiger partial charge in [0.2, 0.25) is 5.91 Å². The summed E-state index contributed by atoms with van der Waals surface area (Å²) in [5, 5.41) is 2.80. The van der Waals surface area contributed by atoms with Crippen LogP contribution in [0.1, 0.15) is 41.5 Å². The smallest absolute Gasteiger partial charge is 0.253 e. The minimum absolute atomic E-state index is 0.0165. The average Bonchev–Trinajstić information content (AvgIpc) is 2.60. The van der Waals surface area contributed by atoms with Gasteiger partial charge < -0.3 is 20.7 Å². The van der Waals surface area contributed by atoms with E-state index < -0.39 is 11.9 Å². The summed E-state index contributed by atoms with van der Waals surface area (Å²) in [5.74, 6) is -1.13. The average molecular weight is 437 g/mol. The standard InChI is InChI=1S/C23H37FN4O3/c1-22(2,3)14-27(15-23(4,5)6)19(12-25)21(30)26-16-7-8-18(17(24)11-16)28-9-10-31-13-20(28)29/h7-8,11,19H,9-10,12-15,25H2,1-6H3,(H,26,30)/t19-/m0/s1. The molecule has 0 unspecified atom stereocenters. The number of nitrogens with zero attached hydrogens (tertiary/aromatic N) is 2. The molecule has 1 aromatic rings. The number of benzene rings is 1. The van der Waals surface area contributed by atoms with Crippen LogP contribution in [0.25, 0.3) is 0 Å². The first-order chi connectivity index (χ1) is 14.3. The molecule has 1 aromatic carbocycles. The zero-order chi connectivity index (χ0) is 23.4. The van der Waals surface area contributed by atoms with Gasteiger partial charge in [0.1, 0.15) is 18.5 Å². The highest BCUT2D eigenvalue weighted by Crippen LogP contribution is 2.26. The van der Waals surface area contributed by atoms with Crippen molar-refractivity contribution in [2.45, 2.75) is 47.6 Å². The molecule has 8 heteroatoms. The van der Waals surface area contributed by atoms with E-state index in [2.05, 4.69) is 51.8 Å². The Morgan fingerprint density at radius 1 is 1.23 bits per heavy atom. The van der Waals surface area contributed by atoms with E-state index in [1.807, 2.05) is 0 Å². The van der Waals surface area contributed by atoms with Crippen LogP contribution >= 0.6 is 0 Å². The van der Waals surface area contributed by atoms with E-state index in [-0.39, 0.29) is 41.5 Å². The summed E-state index contributed by atoms with van der Waals surface area (Å²) >= 11 is 0. The van der Waals surface area contributed by atoms with E-state index in [0.717, 1.165) is 0 Å². The van der Waals surface area contributed by atoms with Crippen molar-refractivity contribution in [1.29, 1.82) is 0 Å². The summed E-state index contributed by atoms with van der Waals surface area (Å²) in [6, 6.07) is 3.81. The third-order valence-corrected chi connectivity index (χ3v) is 4.81. The Morgan fingerprint density at radius 3 is 2.32 bits per heavy atom. The van der Waals surface area contributed by atoms with Crippen LogP contribution < -0.4 is 16.0 Å². The van der Waals surface area contributed by atoms with Gasteiger partial charge in [0, 0.05) is 31.9 Å². The van der Waals surface area contributed by atoms with Gasteiger partial charge in [-0.3, -0.25) is 14.5 Å². The number of hydrogen-bond donors (Lipinski definition) is 2. The summed E-state index contributed by atoms with van der Waals surface area (Å²) in [7, 11) is 0. The van der Waals surface area contributed by atoms with Gasteiger partial charge in [0.05, 0.1) is 12.3 Å². The Kier molecular flexibility index (Phi) is 8.19. The number of carbonyl (C=O) groups is 2. The summed E-state index contributed by atoms with van der Waals surface area (Å²) in [5.41, 5.74) is 6.48. The van der Waals surface area contributed by atoms with Gasteiger partial charge in [-0.25, -0.2) is 4.39 Å². The number of hydrogen-bond acceptors (Lipinski definition) is 5. The number of ether oxygens (including phenoxy) is 1. The number of amides is 2. The number of rotatable bonds is 7. The zero-order valence-corrected chi connectivity index (χ0v) is 19.6. The lowest BCUT2D eigenvalue weighted by Gasteiger charge is -2.38. The lowest BCUT2D eigenvalue weighted by Crippen LogP contribution is -2.53. The largest absolute Gasteiger partial charge is 0.370 e. The fourth-order valence-corrected chi connectivity index (χ4v) is 3.72. The molecule has 2 amide bonds. The number of halogens is 1. The van der Waals surface area contributed by atoms with Crippen molar-refractivity contribution >= 4 is 23.2 Å². The lowest BCUT2D eigenvalue weighted by atomic mass is 9.91. The molecule has 174 valence electrons. The zero-order valence-electron chi connectivity index (χ0n) is 19.6. The maximum atomic E-state index is 14.7. The van der Waals surface area contributed by atoms with Crippen LogP contribution in [0, 0.1) is 16.6 Å². The van der Waals surface area contributed by atoms with E-state index in [0.29, 0.717) is 31.9 Å².